The van der Waals surface area contributed by atoms with Gasteiger partial charge >= 0.3 is 15.2 Å². The molecule has 0 heterocycles. The maximum absolute atomic E-state index is 12.9. The van der Waals surface area contributed by atoms with Crippen LogP contribution in [0.3, 0.4) is 0 Å². The number of carbonyl (C=O) groups excluding carboxylic acids is 2. The third-order valence-electron chi connectivity index (χ3n) is 6.67. The van der Waals surface area contributed by atoms with Crippen molar-refractivity contribution in [2.45, 2.75) is 71.6 Å². The lowest BCUT2D eigenvalue weighted by Gasteiger charge is -2.20. The van der Waals surface area contributed by atoms with Gasteiger partial charge in [0.2, 0.25) is 12.8 Å². The molecule has 12 heteroatoms. The topological polar surface area (TPSA) is 134 Å². The van der Waals surface area contributed by atoms with Crippen LogP contribution in [0.5, 0.6) is 0 Å². The number of hydrogen-bond donors (Lipinski definition) is 2. The van der Waals surface area contributed by atoms with Crippen LogP contribution < -0.4 is 20.4 Å². The third kappa shape index (κ3) is 11.8. The molecule has 10 nitrogen and oxygen atoms in total. The molecule has 2 rings (SSSR count). The molecule has 0 aliphatic carbocycles. The van der Waals surface area contributed by atoms with Gasteiger partial charge in [-0.2, -0.15) is 0 Å². The smallest absolute Gasteiger partial charge is 0.321 e. The van der Waals surface area contributed by atoms with Crippen molar-refractivity contribution in [3.05, 3.63) is 48.5 Å². The van der Waals surface area contributed by atoms with E-state index in [1.165, 1.54) is 12.1 Å². The van der Waals surface area contributed by atoms with Gasteiger partial charge in [0.1, 0.15) is 0 Å². The first-order valence-electron chi connectivity index (χ1n) is 14.3. The van der Waals surface area contributed by atoms with E-state index in [9.17, 15) is 28.5 Å². The van der Waals surface area contributed by atoms with Crippen LogP contribution in [0.15, 0.2) is 48.5 Å². The number of unbranched alkanes of at least 4 members (excludes halogenated alkanes) is 8. The highest BCUT2D eigenvalue weighted by Crippen LogP contribution is 2.46. The first-order valence-corrected chi connectivity index (χ1v) is 17.4. The second-order valence-electron chi connectivity index (χ2n) is 9.69. The van der Waals surface area contributed by atoms with Crippen molar-refractivity contribution in [2.75, 3.05) is 36.1 Å². The van der Waals surface area contributed by atoms with E-state index in [0.717, 1.165) is 76.3 Å². The largest absolute Gasteiger partial charge is 0.361 e. The number of rotatable bonds is 22. The molecule has 41 heavy (non-hydrogen) atoms. The van der Waals surface area contributed by atoms with Gasteiger partial charge in [-0.1, -0.05) is 44.9 Å². The van der Waals surface area contributed by atoms with E-state index in [1.807, 2.05) is 0 Å². The summed E-state index contributed by atoms with van der Waals surface area (Å²) in [5.41, 5.74) is 1.37. The molecule has 0 aliphatic rings. The fourth-order valence-electron chi connectivity index (χ4n) is 4.48. The number of carbonyl (C=O) groups is 2. The highest BCUT2D eigenvalue weighted by Gasteiger charge is 2.26. The van der Waals surface area contributed by atoms with E-state index in [-0.39, 0.29) is 18.5 Å². The first-order chi connectivity index (χ1) is 19.7. The number of nitrogens with zero attached hydrogens (tertiary/aromatic N) is 2. The van der Waals surface area contributed by atoms with Crippen LogP contribution >= 0.6 is 15.2 Å². The van der Waals surface area contributed by atoms with Crippen LogP contribution in [0, 0.1) is 0 Å². The lowest BCUT2D eigenvalue weighted by molar-refractivity contribution is -0.108. The summed E-state index contributed by atoms with van der Waals surface area (Å²) in [6.07, 6.45) is 10.9. The summed E-state index contributed by atoms with van der Waals surface area (Å²) >= 11 is 0. The molecule has 0 aromatic heterocycles. The zero-order valence-corrected chi connectivity index (χ0v) is 25.9. The van der Waals surface area contributed by atoms with E-state index < -0.39 is 15.2 Å². The molecule has 0 spiro atoms. The molecule has 2 N–H and O–H groups in total. The molecule has 0 aliphatic heterocycles. The van der Waals surface area contributed by atoms with Crippen LogP contribution in [0.4, 0.5) is 11.4 Å². The molecule has 0 saturated heterocycles. The van der Waals surface area contributed by atoms with Crippen molar-refractivity contribution >= 4 is 50.0 Å². The van der Waals surface area contributed by atoms with Gasteiger partial charge in [0, 0.05) is 24.5 Å². The summed E-state index contributed by atoms with van der Waals surface area (Å²) in [5, 5.41) is 0.417. The normalized spacial score (nSPS) is 11.8. The summed E-state index contributed by atoms with van der Waals surface area (Å²) in [6.45, 7) is 5.28. The minimum absolute atomic E-state index is 0.0619. The van der Waals surface area contributed by atoms with Crippen LogP contribution in [-0.4, -0.2) is 48.9 Å². The summed E-state index contributed by atoms with van der Waals surface area (Å²) in [4.78, 5) is 44.7. The Hall–Kier alpha value is -2.32. The Bertz CT molecular complexity index is 1130. The molecule has 2 aromatic rings. The van der Waals surface area contributed by atoms with Crippen LogP contribution in [0.1, 0.15) is 71.6 Å². The van der Waals surface area contributed by atoms with Gasteiger partial charge in [0.25, 0.3) is 0 Å². The Labute approximate surface area is 243 Å². The molecule has 2 aromatic carbocycles. The fourth-order valence-corrected chi connectivity index (χ4v) is 6.58. The van der Waals surface area contributed by atoms with E-state index in [2.05, 4.69) is 0 Å². The highest BCUT2D eigenvalue weighted by molar-refractivity contribution is 7.62. The van der Waals surface area contributed by atoms with Crippen molar-refractivity contribution in [3.63, 3.8) is 0 Å². The molecule has 2 amide bonds. The third-order valence-corrected chi connectivity index (χ3v) is 9.76. The van der Waals surface area contributed by atoms with Gasteiger partial charge in [-0.05, 0) is 75.2 Å². The molecular weight excluding hydrogens is 566 g/mol. The van der Waals surface area contributed by atoms with Crippen LogP contribution in [0.25, 0.3) is 0 Å². The van der Waals surface area contributed by atoms with E-state index >= 15 is 0 Å². The summed E-state index contributed by atoms with van der Waals surface area (Å²) in [7, 11) is -7.64. The maximum Gasteiger partial charge on any atom is 0.361 e. The predicted octanol–water partition coefficient (Wildman–Crippen LogP) is 5.52. The van der Waals surface area contributed by atoms with Gasteiger partial charge < -0.3 is 28.6 Å². The van der Waals surface area contributed by atoms with E-state index in [1.54, 1.807) is 60.0 Å². The average Bonchev–Trinajstić information content (AvgIpc) is 2.96. The van der Waals surface area contributed by atoms with Crippen LogP contribution in [-0.2, 0) is 27.8 Å². The molecule has 0 radical (unpaired) electrons. The second-order valence-corrected chi connectivity index (χ2v) is 13.3. The zero-order valence-electron chi connectivity index (χ0n) is 24.1. The number of hydrogen-bond acceptors (Lipinski definition) is 6. The van der Waals surface area contributed by atoms with Gasteiger partial charge in [0.05, 0.1) is 23.8 Å². The summed E-state index contributed by atoms with van der Waals surface area (Å²) < 4.78 is 35.0. The highest BCUT2D eigenvalue weighted by atomic mass is 31.2. The molecule has 0 unspecified atom stereocenters. The van der Waals surface area contributed by atoms with Crippen molar-refractivity contribution in [3.8, 4) is 0 Å². The Balaban J connectivity index is 1.60. The van der Waals surface area contributed by atoms with Crippen LogP contribution in [0.2, 0.25) is 0 Å². The second kappa shape index (κ2) is 18.3. The van der Waals surface area contributed by atoms with Crippen molar-refractivity contribution < 1.29 is 37.6 Å². The quantitative estimate of drug-likeness (QED) is 0.101. The predicted molar refractivity (Wildman–Crippen MR) is 163 cm³/mol. The molecule has 0 atom stereocenters. The molecule has 0 bridgehead atoms. The SMILES string of the molecule is CCOP(=O)(OCC)c1ccc(N(C=O)CCCCCCCCCCCN(C=O)c2ccc(P(=O)(O)O)cc2)cc1. The van der Waals surface area contributed by atoms with Gasteiger partial charge in [-0.3, -0.25) is 18.7 Å². The van der Waals surface area contributed by atoms with E-state index in [4.69, 9.17) is 9.05 Å². The standard InChI is InChI=1S/C29H44N2O8P2/c1-3-38-41(37,39-4-2)29-20-16-27(17-21-29)31(25-33)23-13-11-9-7-5-6-8-10-12-22-30(24-32)26-14-18-28(19-15-26)40(34,35)36/h14-21,24-25H,3-13,22-23H2,1-2H3,(H2,34,35,36). The Kier molecular flexibility index (Phi) is 15.5. The molecule has 0 fully saturated rings. The first kappa shape index (κ1) is 34.9. The molecular formula is C29H44N2O8P2. The Morgan fingerprint density at radius 1 is 0.610 bits per heavy atom. The minimum Gasteiger partial charge on any atom is -0.321 e. The van der Waals surface area contributed by atoms with Gasteiger partial charge in [0.15, 0.2) is 0 Å². The molecule has 228 valence electrons. The fraction of sp³-hybridized carbons (Fsp3) is 0.517. The minimum atomic E-state index is -4.29. The monoisotopic (exact) mass is 610 g/mol. The van der Waals surface area contributed by atoms with Crippen molar-refractivity contribution in [1.82, 2.24) is 0 Å². The Morgan fingerprint density at radius 2 is 0.951 bits per heavy atom. The molecule has 0 saturated carbocycles. The van der Waals surface area contributed by atoms with Crippen molar-refractivity contribution in [1.29, 1.82) is 0 Å². The van der Waals surface area contributed by atoms with Crippen molar-refractivity contribution in [2.24, 2.45) is 0 Å². The van der Waals surface area contributed by atoms with Gasteiger partial charge in [-0.25, -0.2) is 0 Å². The zero-order chi connectivity index (χ0) is 30.1. The number of benzene rings is 2. The lowest BCUT2D eigenvalue weighted by atomic mass is 10.1. The summed E-state index contributed by atoms with van der Waals surface area (Å²) in [6, 6.07) is 12.7. The lowest BCUT2D eigenvalue weighted by Crippen LogP contribution is -2.23. The van der Waals surface area contributed by atoms with E-state index in [0.29, 0.717) is 24.1 Å². The van der Waals surface area contributed by atoms with Gasteiger partial charge in [-0.15, -0.1) is 0 Å². The number of amides is 2. The number of anilines is 2. The maximum atomic E-state index is 12.9. The Morgan fingerprint density at radius 3 is 1.27 bits per heavy atom. The summed E-state index contributed by atoms with van der Waals surface area (Å²) in [5.74, 6) is 0. The average molecular weight is 611 g/mol.